The van der Waals surface area contributed by atoms with Crippen LogP contribution in [0, 0.1) is 11.6 Å². The van der Waals surface area contributed by atoms with Gasteiger partial charge in [0.2, 0.25) is 5.89 Å². The number of piperidine rings is 1. The Morgan fingerprint density at radius 3 is 2.48 bits per heavy atom. The molecule has 3 aromatic rings. The molecule has 0 unspecified atom stereocenters. The van der Waals surface area contributed by atoms with Crippen LogP contribution in [0.15, 0.2) is 52.9 Å². The minimum atomic E-state index is -1.08. The van der Waals surface area contributed by atoms with Crippen molar-refractivity contribution in [1.82, 2.24) is 15.5 Å². The zero-order valence-corrected chi connectivity index (χ0v) is 15.6. The van der Waals surface area contributed by atoms with Crippen LogP contribution in [0.4, 0.5) is 14.8 Å². The molecule has 1 aromatic heterocycles. The second kappa shape index (κ2) is 8.38. The molecule has 2 heterocycles. The van der Waals surface area contributed by atoms with E-state index in [4.69, 9.17) is 4.42 Å². The van der Waals surface area contributed by atoms with E-state index < -0.39 is 23.6 Å². The number of carbonyl (C=O) groups is 1. The molecule has 0 spiro atoms. The summed E-state index contributed by atoms with van der Waals surface area (Å²) in [7, 11) is 0. The summed E-state index contributed by atoms with van der Waals surface area (Å²) in [6.45, 7) is 1.69. The number of hydrogen-bond acceptors (Lipinski definition) is 5. The fourth-order valence-electron chi connectivity index (χ4n) is 3.34. The molecule has 0 radical (unpaired) electrons. The largest absolute Gasteiger partial charge is 0.405 e. The van der Waals surface area contributed by atoms with Crippen molar-refractivity contribution in [2.24, 2.45) is 0 Å². The first-order valence-electron chi connectivity index (χ1n) is 9.51. The maximum atomic E-state index is 13.5. The molecule has 29 heavy (non-hydrogen) atoms. The van der Waals surface area contributed by atoms with Crippen LogP contribution >= 0.6 is 0 Å². The predicted octanol–water partition coefficient (Wildman–Crippen LogP) is 3.86. The summed E-state index contributed by atoms with van der Waals surface area (Å²) < 4.78 is 32.6. The fraction of sp³-hybridized carbons (Fsp3) is 0.286. The molecular weight excluding hydrogens is 378 g/mol. The van der Waals surface area contributed by atoms with E-state index in [0.29, 0.717) is 6.01 Å². The van der Waals surface area contributed by atoms with Gasteiger partial charge in [0, 0.05) is 18.7 Å². The quantitative estimate of drug-likeness (QED) is 0.707. The first kappa shape index (κ1) is 19.0. The van der Waals surface area contributed by atoms with Gasteiger partial charge < -0.3 is 14.6 Å². The molecular formula is C21H20F2N4O2. The maximum absolute atomic E-state index is 13.5. The lowest BCUT2D eigenvalue weighted by molar-refractivity contribution is 0.0937. The monoisotopic (exact) mass is 398 g/mol. The Bertz CT molecular complexity index is 987. The highest BCUT2D eigenvalue weighted by Crippen LogP contribution is 2.26. The lowest BCUT2D eigenvalue weighted by Crippen LogP contribution is -2.30. The Balaban J connectivity index is 1.61. The normalized spacial score (nSPS) is 15.2. The van der Waals surface area contributed by atoms with E-state index in [2.05, 4.69) is 15.5 Å². The topological polar surface area (TPSA) is 71.3 Å². The van der Waals surface area contributed by atoms with Crippen LogP contribution in [0.5, 0.6) is 0 Å². The van der Waals surface area contributed by atoms with E-state index in [1.54, 1.807) is 0 Å². The fourth-order valence-corrected chi connectivity index (χ4v) is 3.34. The summed E-state index contributed by atoms with van der Waals surface area (Å²) in [5.74, 6) is -2.44. The Labute approximate surface area is 166 Å². The number of nitrogens with one attached hydrogen (secondary N) is 1. The van der Waals surface area contributed by atoms with E-state index in [-0.39, 0.29) is 11.5 Å². The molecule has 0 saturated carbocycles. The van der Waals surface area contributed by atoms with Gasteiger partial charge in [0.1, 0.15) is 6.04 Å². The molecule has 1 saturated heterocycles. The van der Waals surface area contributed by atoms with Crippen molar-refractivity contribution < 1.29 is 18.0 Å². The maximum Gasteiger partial charge on any atom is 0.318 e. The molecule has 8 heteroatoms. The molecule has 2 aromatic carbocycles. The minimum absolute atomic E-state index is 0.000556. The van der Waals surface area contributed by atoms with E-state index >= 15 is 0 Å². The van der Waals surface area contributed by atoms with Gasteiger partial charge in [0.15, 0.2) is 11.6 Å². The van der Waals surface area contributed by atoms with E-state index in [9.17, 15) is 13.6 Å². The van der Waals surface area contributed by atoms with E-state index in [0.717, 1.165) is 43.6 Å². The molecule has 1 N–H and O–H groups in total. The van der Waals surface area contributed by atoms with Crippen LogP contribution in [0.1, 0.15) is 47.1 Å². The number of amides is 1. The number of nitrogens with zero attached hydrogens (tertiary/aromatic N) is 3. The van der Waals surface area contributed by atoms with Crippen LogP contribution in [0.2, 0.25) is 0 Å². The van der Waals surface area contributed by atoms with Crippen molar-refractivity contribution in [3.63, 3.8) is 0 Å². The summed E-state index contributed by atoms with van der Waals surface area (Å²) in [6, 6.07) is 11.9. The zero-order chi connectivity index (χ0) is 20.2. The second-order valence-electron chi connectivity index (χ2n) is 6.92. The number of benzene rings is 2. The number of halogens is 2. The van der Waals surface area contributed by atoms with Crippen molar-refractivity contribution in [2.75, 3.05) is 18.0 Å². The third kappa shape index (κ3) is 4.26. The SMILES string of the molecule is O=C(N[C@H](c1ccccc1)c1nnc(N2CCCCC2)o1)c1ccc(F)c(F)c1. The van der Waals surface area contributed by atoms with Crippen molar-refractivity contribution >= 4 is 11.9 Å². The zero-order valence-electron chi connectivity index (χ0n) is 15.6. The van der Waals surface area contributed by atoms with Crippen molar-refractivity contribution in [1.29, 1.82) is 0 Å². The third-order valence-electron chi connectivity index (χ3n) is 4.89. The standard InChI is InChI=1S/C21H20F2N4O2/c22-16-10-9-15(13-17(16)23)19(28)24-18(14-7-3-1-4-8-14)20-25-26-21(29-20)27-11-5-2-6-12-27/h1,3-4,7-10,13,18H,2,5-6,11-12H2,(H,24,28)/t18-/m1/s1. The molecule has 150 valence electrons. The number of carbonyl (C=O) groups excluding carboxylic acids is 1. The smallest absolute Gasteiger partial charge is 0.318 e. The Kier molecular flexibility index (Phi) is 5.50. The Morgan fingerprint density at radius 2 is 1.76 bits per heavy atom. The molecule has 4 rings (SSSR count). The van der Waals surface area contributed by atoms with Gasteiger partial charge in [-0.25, -0.2) is 8.78 Å². The van der Waals surface area contributed by atoms with Gasteiger partial charge >= 0.3 is 6.01 Å². The molecule has 1 amide bonds. The molecule has 0 aliphatic carbocycles. The van der Waals surface area contributed by atoms with Crippen LogP contribution in [-0.2, 0) is 0 Å². The number of aromatic nitrogens is 2. The van der Waals surface area contributed by atoms with Gasteiger partial charge in [-0.05, 0) is 43.0 Å². The molecule has 1 aliphatic heterocycles. The predicted molar refractivity (Wildman–Crippen MR) is 102 cm³/mol. The van der Waals surface area contributed by atoms with Crippen LogP contribution in [0.3, 0.4) is 0 Å². The van der Waals surface area contributed by atoms with Gasteiger partial charge in [0.25, 0.3) is 5.91 Å². The van der Waals surface area contributed by atoms with Crippen molar-refractivity contribution in [3.8, 4) is 0 Å². The highest BCUT2D eigenvalue weighted by atomic mass is 19.2. The van der Waals surface area contributed by atoms with Gasteiger partial charge in [-0.3, -0.25) is 4.79 Å². The molecule has 1 atom stereocenters. The summed E-state index contributed by atoms with van der Waals surface area (Å²) in [5.41, 5.74) is 0.734. The van der Waals surface area contributed by atoms with Gasteiger partial charge in [-0.2, -0.15) is 0 Å². The minimum Gasteiger partial charge on any atom is -0.405 e. The highest BCUT2D eigenvalue weighted by Gasteiger charge is 2.26. The lowest BCUT2D eigenvalue weighted by atomic mass is 10.1. The van der Waals surface area contributed by atoms with Crippen LogP contribution < -0.4 is 10.2 Å². The first-order chi connectivity index (χ1) is 14.1. The third-order valence-corrected chi connectivity index (χ3v) is 4.89. The first-order valence-corrected chi connectivity index (χ1v) is 9.51. The lowest BCUT2D eigenvalue weighted by Gasteiger charge is -2.24. The van der Waals surface area contributed by atoms with Gasteiger partial charge in [0.05, 0.1) is 0 Å². The summed E-state index contributed by atoms with van der Waals surface area (Å²) in [6.07, 6.45) is 3.30. The second-order valence-corrected chi connectivity index (χ2v) is 6.92. The average Bonchev–Trinajstić information content (AvgIpc) is 3.25. The van der Waals surface area contributed by atoms with Crippen LogP contribution in [0.25, 0.3) is 0 Å². The average molecular weight is 398 g/mol. The molecule has 6 nitrogen and oxygen atoms in total. The number of rotatable bonds is 5. The van der Waals surface area contributed by atoms with Gasteiger partial charge in [-0.1, -0.05) is 35.4 Å². The Hall–Kier alpha value is -3.29. The molecule has 0 bridgehead atoms. The van der Waals surface area contributed by atoms with Crippen molar-refractivity contribution in [2.45, 2.75) is 25.3 Å². The van der Waals surface area contributed by atoms with E-state index in [1.807, 2.05) is 35.2 Å². The van der Waals surface area contributed by atoms with Crippen molar-refractivity contribution in [3.05, 3.63) is 77.2 Å². The number of anilines is 1. The summed E-state index contributed by atoms with van der Waals surface area (Å²) in [5, 5.41) is 11.1. The Morgan fingerprint density at radius 1 is 1.00 bits per heavy atom. The van der Waals surface area contributed by atoms with Crippen LogP contribution in [-0.4, -0.2) is 29.2 Å². The molecule has 1 aliphatic rings. The van der Waals surface area contributed by atoms with E-state index in [1.165, 1.54) is 12.5 Å². The summed E-state index contributed by atoms with van der Waals surface area (Å²) in [4.78, 5) is 14.7. The van der Waals surface area contributed by atoms with Gasteiger partial charge in [-0.15, -0.1) is 5.10 Å². The highest BCUT2D eigenvalue weighted by molar-refractivity contribution is 5.94. The molecule has 1 fully saturated rings. The number of hydrogen-bond donors (Lipinski definition) is 1. The summed E-state index contributed by atoms with van der Waals surface area (Å²) >= 11 is 0.